The molecule has 0 aromatic rings. The first-order chi connectivity index (χ1) is 13.9. The quantitative estimate of drug-likeness (QED) is 0.112. The zero-order chi connectivity index (χ0) is 21.8. The number of carbonyl (C=O) groups excluding carboxylic acids is 1. The maximum absolute atomic E-state index is 13.2. The lowest BCUT2D eigenvalue weighted by atomic mass is 9.93. The predicted molar refractivity (Wildman–Crippen MR) is 115 cm³/mol. The summed E-state index contributed by atoms with van der Waals surface area (Å²) in [5.74, 6) is -1.62. The van der Waals surface area contributed by atoms with E-state index in [2.05, 4.69) is 13.5 Å². The topological polar surface area (TPSA) is 26.3 Å². The van der Waals surface area contributed by atoms with E-state index in [4.69, 9.17) is 4.74 Å². The Labute approximate surface area is 176 Å². The fourth-order valence-electron chi connectivity index (χ4n) is 3.60. The van der Waals surface area contributed by atoms with E-state index < -0.39 is 18.1 Å². The van der Waals surface area contributed by atoms with Gasteiger partial charge in [-0.15, -0.1) is 0 Å². The number of unbranched alkanes of at least 4 members (excludes halogenated alkanes) is 13. The lowest BCUT2D eigenvalue weighted by molar-refractivity contribution is -0.178. The highest BCUT2D eigenvalue weighted by atomic mass is 19.4. The minimum atomic E-state index is -4.09. The molecular weight excluding hydrogens is 377 g/mol. The van der Waals surface area contributed by atoms with Gasteiger partial charge in [0.2, 0.25) is 0 Å². The number of alkyl halides is 3. The fourth-order valence-corrected chi connectivity index (χ4v) is 3.60. The molecule has 29 heavy (non-hydrogen) atoms. The van der Waals surface area contributed by atoms with Gasteiger partial charge in [0.15, 0.2) is 0 Å². The third-order valence-corrected chi connectivity index (χ3v) is 5.48. The van der Waals surface area contributed by atoms with Crippen LogP contribution in [0.4, 0.5) is 13.2 Å². The van der Waals surface area contributed by atoms with Gasteiger partial charge in [0.05, 0.1) is 12.5 Å². The third-order valence-electron chi connectivity index (χ3n) is 5.48. The summed E-state index contributed by atoms with van der Waals surface area (Å²) in [5.41, 5.74) is 0. The van der Waals surface area contributed by atoms with Crippen molar-refractivity contribution in [2.24, 2.45) is 5.92 Å². The van der Waals surface area contributed by atoms with Gasteiger partial charge in [-0.1, -0.05) is 103 Å². The van der Waals surface area contributed by atoms with E-state index in [0.717, 1.165) is 38.2 Å². The summed E-state index contributed by atoms with van der Waals surface area (Å²) < 4.78 is 44.5. The van der Waals surface area contributed by atoms with Crippen molar-refractivity contribution in [3.8, 4) is 0 Å². The molecule has 0 amide bonds. The van der Waals surface area contributed by atoms with E-state index in [1.807, 2.05) is 0 Å². The number of hydrogen-bond donors (Lipinski definition) is 0. The molecule has 0 aliphatic carbocycles. The van der Waals surface area contributed by atoms with Gasteiger partial charge in [-0.05, 0) is 19.3 Å². The van der Waals surface area contributed by atoms with E-state index in [0.29, 0.717) is 25.9 Å². The van der Waals surface area contributed by atoms with Crippen molar-refractivity contribution in [3.63, 3.8) is 0 Å². The van der Waals surface area contributed by atoms with Gasteiger partial charge >= 0.3 is 12.1 Å². The van der Waals surface area contributed by atoms with Gasteiger partial charge in [-0.25, -0.2) is 4.79 Å². The molecule has 0 saturated heterocycles. The van der Waals surface area contributed by atoms with Crippen molar-refractivity contribution in [3.05, 3.63) is 12.7 Å². The first-order valence-corrected chi connectivity index (χ1v) is 11.8. The van der Waals surface area contributed by atoms with Crippen molar-refractivity contribution in [1.82, 2.24) is 0 Å². The number of hydrogen-bond acceptors (Lipinski definition) is 2. The first-order valence-electron chi connectivity index (χ1n) is 11.8. The van der Waals surface area contributed by atoms with Crippen LogP contribution in [0.25, 0.3) is 0 Å². The van der Waals surface area contributed by atoms with Crippen molar-refractivity contribution in [1.29, 1.82) is 0 Å². The minimum Gasteiger partial charge on any atom is -0.463 e. The maximum Gasteiger partial charge on any atom is 0.391 e. The predicted octanol–water partition coefficient (Wildman–Crippen LogP) is 8.55. The van der Waals surface area contributed by atoms with Crippen molar-refractivity contribution in [2.45, 2.75) is 122 Å². The highest BCUT2D eigenvalue weighted by Gasteiger charge is 2.38. The Morgan fingerprint density at radius 2 is 1.21 bits per heavy atom. The van der Waals surface area contributed by atoms with Gasteiger partial charge in [0, 0.05) is 6.08 Å². The molecular formula is C24H43F3O2. The van der Waals surface area contributed by atoms with E-state index in [9.17, 15) is 18.0 Å². The van der Waals surface area contributed by atoms with Gasteiger partial charge in [-0.3, -0.25) is 0 Å². The van der Waals surface area contributed by atoms with Gasteiger partial charge < -0.3 is 4.74 Å². The number of halogens is 3. The second kappa shape index (κ2) is 19.0. The Hall–Kier alpha value is -1.00. The van der Waals surface area contributed by atoms with Crippen LogP contribution in [0.3, 0.4) is 0 Å². The molecule has 0 rings (SSSR count). The molecule has 5 heteroatoms. The Kier molecular flexibility index (Phi) is 18.3. The average Bonchev–Trinajstić information content (AvgIpc) is 2.68. The maximum atomic E-state index is 13.2. The summed E-state index contributed by atoms with van der Waals surface area (Å²) in [6.45, 7) is 5.84. The van der Waals surface area contributed by atoms with Crippen LogP contribution in [0, 0.1) is 5.92 Å². The molecule has 0 aromatic heterocycles. The van der Waals surface area contributed by atoms with Gasteiger partial charge in [0.1, 0.15) is 0 Å². The SMILES string of the molecule is C=CC(=O)OCCCCCCC(CCCCCCCCCCCCC)C(F)(F)F. The molecule has 2 nitrogen and oxygen atoms in total. The van der Waals surface area contributed by atoms with Gasteiger partial charge in [-0.2, -0.15) is 13.2 Å². The summed E-state index contributed by atoms with van der Waals surface area (Å²) in [5, 5.41) is 0. The lowest BCUT2D eigenvalue weighted by Crippen LogP contribution is -2.22. The number of ether oxygens (including phenoxy) is 1. The van der Waals surface area contributed by atoms with Crippen LogP contribution >= 0.6 is 0 Å². The van der Waals surface area contributed by atoms with Crippen molar-refractivity contribution >= 4 is 5.97 Å². The van der Waals surface area contributed by atoms with Crippen LogP contribution in [0.2, 0.25) is 0 Å². The zero-order valence-corrected chi connectivity index (χ0v) is 18.5. The van der Waals surface area contributed by atoms with E-state index in [1.54, 1.807) is 0 Å². The van der Waals surface area contributed by atoms with Crippen molar-refractivity contribution in [2.75, 3.05) is 6.61 Å². The normalized spacial score (nSPS) is 12.7. The number of rotatable bonds is 20. The Bertz CT molecular complexity index is 394. The lowest BCUT2D eigenvalue weighted by Gasteiger charge is -2.20. The van der Waals surface area contributed by atoms with E-state index in [-0.39, 0.29) is 12.8 Å². The molecule has 0 N–H and O–H groups in total. The largest absolute Gasteiger partial charge is 0.463 e. The summed E-state index contributed by atoms with van der Waals surface area (Å²) in [7, 11) is 0. The van der Waals surface area contributed by atoms with Crippen LogP contribution in [0.15, 0.2) is 12.7 Å². The molecule has 0 saturated carbocycles. The zero-order valence-electron chi connectivity index (χ0n) is 18.5. The minimum absolute atomic E-state index is 0.216. The second-order valence-corrected chi connectivity index (χ2v) is 8.14. The molecule has 0 aromatic carbocycles. The highest BCUT2D eigenvalue weighted by molar-refractivity contribution is 5.81. The number of esters is 1. The Balaban J connectivity index is 3.67. The molecule has 1 atom stereocenters. The van der Waals surface area contributed by atoms with Crippen LogP contribution < -0.4 is 0 Å². The summed E-state index contributed by atoms with van der Waals surface area (Å²) >= 11 is 0. The molecule has 0 radical (unpaired) electrons. The van der Waals surface area contributed by atoms with Crippen LogP contribution in [-0.2, 0) is 9.53 Å². The molecule has 172 valence electrons. The summed E-state index contributed by atoms with van der Waals surface area (Å²) in [6.07, 6.45) is 13.1. The first kappa shape index (κ1) is 28.0. The van der Waals surface area contributed by atoms with Crippen molar-refractivity contribution < 1.29 is 22.7 Å². The molecule has 1 unspecified atom stereocenters. The van der Waals surface area contributed by atoms with Crippen LogP contribution in [0.5, 0.6) is 0 Å². The van der Waals surface area contributed by atoms with Crippen LogP contribution in [-0.4, -0.2) is 18.8 Å². The molecule has 0 aliphatic rings. The van der Waals surface area contributed by atoms with E-state index in [1.165, 1.54) is 44.9 Å². The monoisotopic (exact) mass is 420 g/mol. The molecule has 0 fully saturated rings. The summed E-state index contributed by atoms with van der Waals surface area (Å²) in [6, 6.07) is 0. The molecule has 0 aliphatic heterocycles. The molecule has 0 bridgehead atoms. The molecule has 0 spiro atoms. The highest BCUT2D eigenvalue weighted by Crippen LogP contribution is 2.34. The Morgan fingerprint density at radius 1 is 0.793 bits per heavy atom. The summed E-state index contributed by atoms with van der Waals surface area (Å²) in [4.78, 5) is 10.9. The average molecular weight is 421 g/mol. The molecule has 0 heterocycles. The van der Waals surface area contributed by atoms with Crippen LogP contribution in [0.1, 0.15) is 116 Å². The second-order valence-electron chi connectivity index (χ2n) is 8.14. The fraction of sp³-hybridized carbons (Fsp3) is 0.875. The standard InChI is InChI=1S/C24H43F3O2/c1-3-5-6-7-8-9-10-11-12-13-16-19-22(24(25,26)27)20-17-14-15-18-21-29-23(28)4-2/h4,22H,2-3,5-21H2,1H3. The smallest absolute Gasteiger partial charge is 0.391 e. The van der Waals surface area contributed by atoms with E-state index >= 15 is 0 Å². The Morgan fingerprint density at radius 3 is 1.62 bits per heavy atom. The number of carbonyl (C=O) groups is 1. The third kappa shape index (κ3) is 18.8. The van der Waals surface area contributed by atoms with Gasteiger partial charge in [0.25, 0.3) is 0 Å².